The minimum atomic E-state index is 0.791. The summed E-state index contributed by atoms with van der Waals surface area (Å²) in [4.78, 5) is 11.7. The smallest absolute Gasteiger partial charge is 0.0955 e. The number of allylic oxidation sites excluding steroid dienone is 1. The molecule has 2 aromatic heterocycles. The van der Waals surface area contributed by atoms with Gasteiger partial charge in [0.1, 0.15) is 0 Å². The summed E-state index contributed by atoms with van der Waals surface area (Å²) in [5.41, 5.74) is 10.6. The van der Waals surface area contributed by atoms with Crippen molar-refractivity contribution in [3.8, 4) is 11.1 Å². The zero-order valence-corrected chi connectivity index (χ0v) is 17.6. The fourth-order valence-electron chi connectivity index (χ4n) is 4.63. The van der Waals surface area contributed by atoms with E-state index in [0.29, 0.717) is 0 Å². The lowest BCUT2D eigenvalue weighted by atomic mass is 9.97. The van der Waals surface area contributed by atoms with Crippen LogP contribution in [-0.2, 0) is 18.2 Å². The molecular weight excluding hydrogens is 384 g/mol. The van der Waals surface area contributed by atoms with E-state index in [1.807, 2.05) is 19.6 Å². The van der Waals surface area contributed by atoms with Gasteiger partial charge in [0.05, 0.1) is 36.3 Å². The van der Waals surface area contributed by atoms with Crippen molar-refractivity contribution < 1.29 is 4.74 Å². The van der Waals surface area contributed by atoms with Crippen molar-refractivity contribution in [2.75, 3.05) is 31.2 Å². The van der Waals surface area contributed by atoms with Crippen molar-refractivity contribution in [1.82, 2.24) is 14.5 Å². The Hall–Kier alpha value is -3.44. The number of rotatable bonds is 3. The van der Waals surface area contributed by atoms with E-state index < -0.39 is 0 Å². The third-order valence-corrected chi connectivity index (χ3v) is 6.35. The summed E-state index contributed by atoms with van der Waals surface area (Å²) >= 11 is 0. The first-order valence-electron chi connectivity index (χ1n) is 10.8. The Kier molecular flexibility index (Phi) is 4.35. The Morgan fingerprint density at radius 1 is 0.903 bits per heavy atom. The van der Waals surface area contributed by atoms with Gasteiger partial charge in [0.15, 0.2) is 0 Å². The molecule has 3 heterocycles. The van der Waals surface area contributed by atoms with E-state index in [9.17, 15) is 0 Å². The maximum absolute atomic E-state index is 5.51. The molecule has 154 valence electrons. The van der Waals surface area contributed by atoms with E-state index in [4.69, 9.17) is 9.72 Å². The highest BCUT2D eigenvalue weighted by Crippen LogP contribution is 2.36. The fourth-order valence-corrected chi connectivity index (χ4v) is 4.63. The Labute approximate surface area is 181 Å². The van der Waals surface area contributed by atoms with Crippen LogP contribution in [0, 0.1) is 0 Å². The largest absolute Gasteiger partial charge is 0.378 e. The van der Waals surface area contributed by atoms with Crippen LogP contribution in [0.15, 0.2) is 67.1 Å². The molecule has 0 radical (unpaired) electrons. The SMILES string of the molecule is Cn1cnc2ccc(C3=CCc4ncc(-c5cccc(N6CCOCC6)c5)cc43)cc21. The average Bonchev–Trinajstić information content (AvgIpc) is 3.42. The normalized spacial score (nSPS) is 15.9. The standard InChI is InChI=1S/C26H24N4O/c1-29-17-28-25-7-5-19(15-26(25)29)22-6-8-24-23(22)14-20(16-27-24)18-3-2-4-21(13-18)30-9-11-31-12-10-30/h2-7,13-17H,8-12H2,1H3. The number of aromatic nitrogens is 3. The van der Waals surface area contributed by atoms with Crippen molar-refractivity contribution in [3.63, 3.8) is 0 Å². The number of aryl methyl sites for hydroxylation is 1. The minimum Gasteiger partial charge on any atom is -0.378 e. The van der Waals surface area contributed by atoms with Gasteiger partial charge in [0.25, 0.3) is 0 Å². The minimum absolute atomic E-state index is 0.791. The van der Waals surface area contributed by atoms with Gasteiger partial charge in [-0.3, -0.25) is 4.98 Å². The van der Waals surface area contributed by atoms with Gasteiger partial charge in [-0.15, -0.1) is 0 Å². The summed E-state index contributed by atoms with van der Waals surface area (Å²) in [7, 11) is 2.04. The number of morpholine rings is 1. The second kappa shape index (κ2) is 7.36. The highest BCUT2D eigenvalue weighted by atomic mass is 16.5. The van der Waals surface area contributed by atoms with Gasteiger partial charge in [-0.2, -0.15) is 0 Å². The number of nitrogens with zero attached hydrogens (tertiary/aromatic N) is 4. The lowest BCUT2D eigenvalue weighted by Gasteiger charge is -2.29. The van der Waals surface area contributed by atoms with E-state index in [2.05, 4.69) is 69.1 Å². The third-order valence-electron chi connectivity index (χ3n) is 6.35. The molecule has 0 amide bonds. The molecule has 5 heteroatoms. The number of anilines is 1. The molecule has 0 saturated carbocycles. The molecule has 1 fully saturated rings. The molecule has 0 spiro atoms. The number of imidazole rings is 1. The number of hydrogen-bond donors (Lipinski definition) is 0. The van der Waals surface area contributed by atoms with Gasteiger partial charge in [-0.05, 0) is 47.0 Å². The summed E-state index contributed by atoms with van der Waals surface area (Å²) in [5, 5.41) is 0. The monoisotopic (exact) mass is 408 g/mol. The number of fused-ring (bicyclic) bond motifs is 2. The second-order valence-corrected chi connectivity index (χ2v) is 8.25. The zero-order valence-electron chi connectivity index (χ0n) is 17.6. The van der Waals surface area contributed by atoms with E-state index >= 15 is 0 Å². The Morgan fingerprint density at radius 2 is 1.81 bits per heavy atom. The van der Waals surface area contributed by atoms with Gasteiger partial charge in [-0.1, -0.05) is 24.3 Å². The van der Waals surface area contributed by atoms with E-state index in [-0.39, 0.29) is 0 Å². The Bertz CT molecular complexity index is 1310. The quantitative estimate of drug-likeness (QED) is 0.502. The number of hydrogen-bond acceptors (Lipinski definition) is 4. The summed E-state index contributed by atoms with van der Waals surface area (Å²) < 4.78 is 7.58. The zero-order chi connectivity index (χ0) is 20.8. The number of ether oxygens (including phenoxy) is 1. The summed E-state index contributed by atoms with van der Waals surface area (Å²) in [5.74, 6) is 0. The van der Waals surface area contributed by atoms with Crippen molar-refractivity contribution in [2.24, 2.45) is 7.05 Å². The molecule has 5 nitrogen and oxygen atoms in total. The van der Waals surface area contributed by atoms with Crippen molar-refractivity contribution in [3.05, 3.63) is 84.0 Å². The van der Waals surface area contributed by atoms with E-state index in [0.717, 1.165) is 55.0 Å². The van der Waals surface area contributed by atoms with Crippen molar-refractivity contribution in [2.45, 2.75) is 6.42 Å². The van der Waals surface area contributed by atoms with Crippen LogP contribution >= 0.6 is 0 Å². The summed E-state index contributed by atoms with van der Waals surface area (Å²) in [6.07, 6.45) is 7.05. The van der Waals surface area contributed by atoms with E-state index in [1.54, 1.807) is 0 Å². The molecule has 2 aromatic carbocycles. The van der Waals surface area contributed by atoms with Crippen LogP contribution in [-0.4, -0.2) is 40.8 Å². The molecule has 2 aliphatic rings. The molecule has 1 aliphatic carbocycles. The molecule has 6 rings (SSSR count). The predicted octanol–water partition coefficient (Wildman–Crippen LogP) is 4.46. The lowest BCUT2D eigenvalue weighted by Crippen LogP contribution is -2.36. The maximum Gasteiger partial charge on any atom is 0.0955 e. The molecule has 1 aliphatic heterocycles. The highest BCUT2D eigenvalue weighted by molar-refractivity contribution is 5.90. The van der Waals surface area contributed by atoms with Gasteiger partial charge in [-0.25, -0.2) is 4.98 Å². The molecule has 0 unspecified atom stereocenters. The van der Waals surface area contributed by atoms with Crippen molar-refractivity contribution in [1.29, 1.82) is 0 Å². The van der Waals surface area contributed by atoms with Crippen LogP contribution in [0.4, 0.5) is 5.69 Å². The lowest BCUT2D eigenvalue weighted by molar-refractivity contribution is 0.122. The second-order valence-electron chi connectivity index (χ2n) is 8.25. The molecule has 1 saturated heterocycles. The maximum atomic E-state index is 5.51. The molecule has 4 aromatic rings. The summed E-state index contributed by atoms with van der Waals surface area (Å²) in [6, 6.07) is 17.6. The predicted molar refractivity (Wildman–Crippen MR) is 124 cm³/mol. The molecule has 0 bridgehead atoms. The van der Waals surface area contributed by atoms with Gasteiger partial charge >= 0.3 is 0 Å². The molecule has 31 heavy (non-hydrogen) atoms. The van der Waals surface area contributed by atoms with Crippen molar-refractivity contribution >= 4 is 22.3 Å². The van der Waals surface area contributed by atoms with E-state index in [1.165, 1.54) is 28.0 Å². The topological polar surface area (TPSA) is 43.2 Å². The molecule has 0 atom stereocenters. The van der Waals surface area contributed by atoms with Crippen LogP contribution in [0.3, 0.4) is 0 Å². The van der Waals surface area contributed by atoms with Gasteiger partial charge < -0.3 is 14.2 Å². The van der Waals surface area contributed by atoms with Gasteiger partial charge in [0, 0.05) is 49.6 Å². The number of pyridine rings is 1. The fraction of sp³-hybridized carbons (Fsp3) is 0.231. The Balaban J connectivity index is 1.37. The van der Waals surface area contributed by atoms with Crippen LogP contribution in [0.25, 0.3) is 27.7 Å². The van der Waals surface area contributed by atoms with Crippen LogP contribution in [0.2, 0.25) is 0 Å². The first kappa shape index (κ1) is 18.3. The Morgan fingerprint density at radius 3 is 2.71 bits per heavy atom. The highest BCUT2D eigenvalue weighted by Gasteiger charge is 2.19. The first-order valence-corrected chi connectivity index (χ1v) is 10.8. The number of benzene rings is 2. The van der Waals surface area contributed by atoms with Crippen LogP contribution < -0.4 is 4.90 Å². The van der Waals surface area contributed by atoms with Crippen LogP contribution in [0.1, 0.15) is 16.8 Å². The molecular formula is C26H24N4O. The van der Waals surface area contributed by atoms with Gasteiger partial charge in [0.2, 0.25) is 0 Å². The molecule has 0 N–H and O–H groups in total. The summed E-state index contributed by atoms with van der Waals surface area (Å²) in [6.45, 7) is 3.46. The van der Waals surface area contributed by atoms with Crippen LogP contribution in [0.5, 0.6) is 0 Å². The third kappa shape index (κ3) is 3.22. The first-order chi connectivity index (χ1) is 15.3. The average molecular weight is 409 g/mol.